The molecule has 0 aliphatic rings. The highest BCUT2D eigenvalue weighted by atomic mass is 32.2. The standard InChI is InChI=1S/C20H17NOS/c1-21-20(22)16-12-14-19(15-13-16)23(17-8-4-2-5-9-17)18-10-6-3-7-11-18/h2-15H,1H3/p+1. The summed E-state index contributed by atoms with van der Waals surface area (Å²) in [5.74, 6) is -0.0594. The van der Waals surface area contributed by atoms with Gasteiger partial charge in [0.05, 0.1) is 10.9 Å². The SMILES string of the molecule is CNC(=O)c1ccc([S+](c2ccccc2)c2ccccc2)cc1. The van der Waals surface area contributed by atoms with Crippen LogP contribution in [-0.4, -0.2) is 13.0 Å². The second-order valence-corrected chi connectivity index (χ2v) is 7.06. The van der Waals surface area contributed by atoms with Crippen LogP contribution in [0.3, 0.4) is 0 Å². The number of rotatable bonds is 4. The van der Waals surface area contributed by atoms with Crippen molar-refractivity contribution in [3.8, 4) is 0 Å². The van der Waals surface area contributed by atoms with Gasteiger partial charge in [0.15, 0.2) is 14.7 Å². The largest absolute Gasteiger partial charge is 0.355 e. The van der Waals surface area contributed by atoms with Crippen molar-refractivity contribution >= 4 is 16.8 Å². The Kier molecular flexibility index (Phi) is 4.79. The van der Waals surface area contributed by atoms with E-state index in [1.165, 1.54) is 14.7 Å². The minimum absolute atomic E-state index is 0.0594. The summed E-state index contributed by atoms with van der Waals surface area (Å²) in [6.07, 6.45) is 0. The third-order valence-electron chi connectivity index (χ3n) is 3.54. The lowest BCUT2D eigenvalue weighted by molar-refractivity contribution is 0.0963. The molecule has 3 aromatic rings. The van der Waals surface area contributed by atoms with Crippen LogP contribution in [-0.2, 0) is 10.9 Å². The summed E-state index contributed by atoms with van der Waals surface area (Å²) in [4.78, 5) is 15.5. The van der Waals surface area contributed by atoms with Crippen LogP contribution >= 0.6 is 0 Å². The highest BCUT2D eigenvalue weighted by Gasteiger charge is 2.28. The van der Waals surface area contributed by atoms with Gasteiger partial charge in [-0.3, -0.25) is 4.79 Å². The van der Waals surface area contributed by atoms with Crippen LogP contribution in [0.1, 0.15) is 10.4 Å². The van der Waals surface area contributed by atoms with E-state index in [9.17, 15) is 4.79 Å². The molecule has 0 aromatic heterocycles. The molecule has 0 saturated heterocycles. The molecule has 2 nitrogen and oxygen atoms in total. The molecule has 0 atom stereocenters. The van der Waals surface area contributed by atoms with Crippen LogP contribution in [0.5, 0.6) is 0 Å². The summed E-state index contributed by atoms with van der Waals surface area (Å²) < 4.78 is 0. The van der Waals surface area contributed by atoms with Gasteiger partial charge in [-0.25, -0.2) is 0 Å². The number of hydrogen-bond acceptors (Lipinski definition) is 1. The molecule has 3 heteroatoms. The second kappa shape index (κ2) is 7.16. The Morgan fingerprint density at radius 3 is 1.57 bits per heavy atom. The van der Waals surface area contributed by atoms with E-state index in [0.29, 0.717) is 5.56 Å². The van der Waals surface area contributed by atoms with E-state index in [1.807, 2.05) is 36.4 Å². The van der Waals surface area contributed by atoms with Crippen molar-refractivity contribution in [2.75, 3.05) is 7.05 Å². The number of nitrogens with one attached hydrogen (secondary N) is 1. The molecule has 0 heterocycles. The third-order valence-corrected chi connectivity index (χ3v) is 5.77. The van der Waals surface area contributed by atoms with E-state index >= 15 is 0 Å². The summed E-state index contributed by atoms with van der Waals surface area (Å²) in [6, 6.07) is 28.8. The van der Waals surface area contributed by atoms with E-state index < -0.39 is 0 Å². The summed E-state index contributed by atoms with van der Waals surface area (Å²) >= 11 is 0. The van der Waals surface area contributed by atoms with Crippen molar-refractivity contribution in [1.82, 2.24) is 5.32 Å². The molecule has 1 amide bonds. The first-order valence-corrected chi connectivity index (χ1v) is 8.68. The molecule has 0 spiro atoms. The van der Waals surface area contributed by atoms with Crippen molar-refractivity contribution in [3.05, 3.63) is 90.5 Å². The van der Waals surface area contributed by atoms with E-state index in [0.717, 1.165) is 0 Å². The Bertz CT molecular complexity index is 730. The molecule has 0 unspecified atom stereocenters. The highest BCUT2D eigenvalue weighted by molar-refractivity contribution is 7.97. The van der Waals surface area contributed by atoms with Crippen molar-refractivity contribution in [2.24, 2.45) is 0 Å². The van der Waals surface area contributed by atoms with Gasteiger partial charge in [-0.15, -0.1) is 0 Å². The molecule has 0 radical (unpaired) electrons. The molecule has 3 aromatic carbocycles. The zero-order chi connectivity index (χ0) is 16.1. The minimum atomic E-state index is -0.170. The first-order valence-electron chi connectivity index (χ1n) is 7.46. The summed E-state index contributed by atoms with van der Waals surface area (Å²) in [6.45, 7) is 0. The number of hydrogen-bond donors (Lipinski definition) is 1. The van der Waals surface area contributed by atoms with Gasteiger partial charge in [0.1, 0.15) is 0 Å². The summed E-state index contributed by atoms with van der Waals surface area (Å²) in [5.41, 5.74) is 0.681. The monoisotopic (exact) mass is 320 g/mol. The molecular weight excluding hydrogens is 302 g/mol. The van der Waals surface area contributed by atoms with Crippen LogP contribution < -0.4 is 5.32 Å². The van der Waals surface area contributed by atoms with Gasteiger partial charge in [0, 0.05) is 12.6 Å². The second-order valence-electron chi connectivity index (χ2n) is 5.04. The predicted molar refractivity (Wildman–Crippen MR) is 94.9 cm³/mol. The number of amides is 1. The molecule has 3 rings (SSSR count). The molecule has 23 heavy (non-hydrogen) atoms. The zero-order valence-electron chi connectivity index (χ0n) is 12.9. The molecule has 0 saturated carbocycles. The normalized spacial score (nSPS) is 10.5. The van der Waals surface area contributed by atoms with Crippen molar-refractivity contribution in [3.63, 3.8) is 0 Å². The molecule has 0 bridgehead atoms. The van der Waals surface area contributed by atoms with Gasteiger partial charge in [0.2, 0.25) is 0 Å². The maximum absolute atomic E-state index is 11.7. The first kappa shape index (κ1) is 15.4. The maximum atomic E-state index is 11.7. The van der Waals surface area contributed by atoms with E-state index in [4.69, 9.17) is 0 Å². The Morgan fingerprint density at radius 2 is 1.13 bits per heavy atom. The van der Waals surface area contributed by atoms with Crippen LogP contribution in [0.4, 0.5) is 0 Å². The minimum Gasteiger partial charge on any atom is -0.355 e. The fraction of sp³-hybridized carbons (Fsp3) is 0.0500. The molecular formula is C20H18NOS+. The average molecular weight is 320 g/mol. The summed E-state index contributed by atoms with van der Waals surface area (Å²) in [7, 11) is 1.48. The molecule has 0 aliphatic carbocycles. The van der Waals surface area contributed by atoms with Crippen molar-refractivity contribution in [2.45, 2.75) is 14.7 Å². The Labute approximate surface area is 139 Å². The number of carbonyl (C=O) groups excluding carboxylic acids is 1. The Balaban J connectivity index is 2.04. The van der Waals surface area contributed by atoms with Gasteiger partial charge in [-0.2, -0.15) is 0 Å². The van der Waals surface area contributed by atoms with Crippen LogP contribution in [0.15, 0.2) is 99.6 Å². The lowest BCUT2D eigenvalue weighted by atomic mass is 10.2. The Morgan fingerprint density at radius 1 is 0.696 bits per heavy atom. The van der Waals surface area contributed by atoms with Crippen LogP contribution in [0.25, 0.3) is 0 Å². The average Bonchev–Trinajstić information content (AvgIpc) is 2.64. The van der Waals surface area contributed by atoms with Gasteiger partial charge >= 0.3 is 0 Å². The lowest BCUT2D eigenvalue weighted by Gasteiger charge is -2.08. The predicted octanol–water partition coefficient (Wildman–Crippen LogP) is 4.14. The highest BCUT2D eigenvalue weighted by Crippen LogP contribution is 2.30. The fourth-order valence-electron chi connectivity index (χ4n) is 2.41. The van der Waals surface area contributed by atoms with E-state index in [-0.39, 0.29) is 16.8 Å². The maximum Gasteiger partial charge on any atom is 0.251 e. The Hall–Kier alpha value is -2.52. The van der Waals surface area contributed by atoms with Gasteiger partial charge < -0.3 is 5.32 Å². The van der Waals surface area contributed by atoms with Crippen LogP contribution in [0.2, 0.25) is 0 Å². The first-order chi connectivity index (χ1) is 11.3. The van der Waals surface area contributed by atoms with Gasteiger partial charge in [0.25, 0.3) is 5.91 Å². The molecule has 0 aliphatic heterocycles. The topological polar surface area (TPSA) is 29.1 Å². The van der Waals surface area contributed by atoms with E-state index in [2.05, 4.69) is 53.8 Å². The quantitative estimate of drug-likeness (QED) is 0.719. The zero-order valence-corrected chi connectivity index (χ0v) is 13.7. The van der Waals surface area contributed by atoms with Crippen molar-refractivity contribution in [1.29, 1.82) is 0 Å². The third kappa shape index (κ3) is 3.46. The molecule has 114 valence electrons. The smallest absolute Gasteiger partial charge is 0.251 e. The van der Waals surface area contributed by atoms with Gasteiger partial charge in [-0.05, 0) is 48.5 Å². The van der Waals surface area contributed by atoms with Gasteiger partial charge in [-0.1, -0.05) is 36.4 Å². The molecule has 1 N–H and O–H groups in total. The van der Waals surface area contributed by atoms with E-state index in [1.54, 1.807) is 7.05 Å². The number of benzene rings is 3. The fourth-order valence-corrected chi connectivity index (χ4v) is 4.49. The molecule has 0 fully saturated rings. The summed E-state index contributed by atoms with van der Waals surface area (Å²) in [5, 5.41) is 2.66. The van der Waals surface area contributed by atoms with Crippen LogP contribution in [0, 0.1) is 0 Å². The number of carbonyl (C=O) groups is 1. The van der Waals surface area contributed by atoms with Crippen molar-refractivity contribution < 1.29 is 4.79 Å². The lowest BCUT2D eigenvalue weighted by Crippen LogP contribution is -2.17.